The number of anilines is 1. The van der Waals surface area contributed by atoms with E-state index in [1.165, 1.54) is 0 Å². The van der Waals surface area contributed by atoms with Crippen molar-refractivity contribution in [3.8, 4) is 0 Å². The van der Waals surface area contributed by atoms with Gasteiger partial charge in [-0.2, -0.15) is 0 Å². The molecule has 2 aromatic carbocycles. The van der Waals surface area contributed by atoms with E-state index in [4.69, 9.17) is 0 Å². The third-order valence-electron chi connectivity index (χ3n) is 2.72. The van der Waals surface area contributed by atoms with Crippen molar-refractivity contribution >= 4 is 38.3 Å². The van der Waals surface area contributed by atoms with Gasteiger partial charge >= 0.3 is 0 Å². The van der Waals surface area contributed by atoms with Crippen molar-refractivity contribution in [2.24, 2.45) is 0 Å². The van der Waals surface area contributed by atoms with Crippen molar-refractivity contribution in [3.05, 3.63) is 57.7 Å². The first-order valence-corrected chi connectivity index (χ1v) is 8.45. The zero-order chi connectivity index (χ0) is 13.9. The maximum Gasteiger partial charge on any atom is 0.261 e. The number of nitrogens with one attached hydrogen (secondary N) is 1. The molecule has 0 aliphatic heterocycles. The molecule has 0 saturated carbocycles. The van der Waals surface area contributed by atoms with Gasteiger partial charge in [0.2, 0.25) is 0 Å². The summed E-state index contributed by atoms with van der Waals surface area (Å²) in [4.78, 5) is 0.281. The van der Waals surface area contributed by atoms with Gasteiger partial charge in [0, 0.05) is 9.26 Å². The summed E-state index contributed by atoms with van der Waals surface area (Å²) < 4.78 is 28.0. The summed E-state index contributed by atoms with van der Waals surface area (Å²) >= 11 is 2.15. The van der Waals surface area contributed by atoms with Crippen LogP contribution in [0.4, 0.5) is 5.69 Å². The van der Waals surface area contributed by atoms with E-state index in [9.17, 15) is 8.42 Å². The number of benzene rings is 2. The predicted octanol–water partition coefficient (Wildman–Crippen LogP) is 3.65. The van der Waals surface area contributed by atoms with E-state index < -0.39 is 10.0 Å². The molecule has 19 heavy (non-hydrogen) atoms. The van der Waals surface area contributed by atoms with Gasteiger partial charge in [-0.05, 0) is 64.9 Å². The molecule has 0 aliphatic carbocycles. The molecule has 0 aromatic heterocycles. The van der Waals surface area contributed by atoms with Crippen molar-refractivity contribution in [2.45, 2.75) is 18.2 Å². The van der Waals surface area contributed by atoms with Gasteiger partial charge in [0.15, 0.2) is 0 Å². The van der Waals surface area contributed by atoms with E-state index in [0.717, 1.165) is 15.6 Å². The summed E-state index contributed by atoms with van der Waals surface area (Å²) in [6.45, 7) is 2.04. The third-order valence-corrected chi connectivity index (χ3v) is 4.79. The van der Waals surface area contributed by atoms with Gasteiger partial charge in [0.05, 0.1) is 4.90 Å². The molecule has 1 N–H and O–H groups in total. The topological polar surface area (TPSA) is 46.2 Å². The molecule has 100 valence electrons. The minimum Gasteiger partial charge on any atom is -0.280 e. The van der Waals surface area contributed by atoms with E-state index in [1.54, 1.807) is 24.3 Å². The molecule has 0 bridgehead atoms. The lowest BCUT2D eigenvalue weighted by atomic mass is 10.2. The fourth-order valence-corrected chi connectivity index (χ4v) is 3.26. The largest absolute Gasteiger partial charge is 0.280 e. The second-order valence-electron chi connectivity index (χ2n) is 4.11. The number of halogens is 1. The fraction of sp³-hybridized carbons (Fsp3) is 0.143. The van der Waals surface area contributed by atoms with Crippen LogP contribution in [0, 0.1) is 3.57 Å². The van der Waals surface area contributed by atoms with Gasteiger partial charge in [-0.25, -0.2) is 8.42 Å². The van der Waals surface area contributed by atoms with Crippen molar-refractivity contribution in [3.63, 3.8) is 0 Å². The van der Waals surface area contributed by atoms with Gasteiger partial charge < -0.3 is 0 Å². The minimum atomic E-state index is -3.51. The van der Waals surface area contributed by atoms with Crippen LogP contribution in [-0.2, 0) is 16.4 Å². The van der Waals surface area contributed by atoms with E-state index in [2.05, 4.69) is 27.3 Å². The second-order valence-corrected chi connectivity index (χ2v) is 7.04. The Hall–Kier alpha value is -1.08. The van der Waals surface area contributed by atoms with E-state index in [-0.39, 0.29) is 4.90 Å². The summed E-state index contributed by atoms with van der Waals surface area (Å²) in [5, 5.41) is 0. The highest BCUT2D eigenvalue weighted by atomic mass is 127. The highest BCUT2D eigenvalue weighted by Gasteiger charge is 2.13. The highest BCUT2D eigenvalue weighted by Crippen LogP contribution is 2.18. The van der Waals surface area contributed by atoms with Crippen LogP contribution in [0.5, 0.6) is 0 Å². The van der Waals surface area contributed by atoms with Gasteiger partial charge in [-0.15, -0.1) is 0 Å². The SMILES string of the molecule is CCc1ccc(S(=O)(=O)Nc2cccc(I)c2)cc1. The van der Waals surface area contributed by atoms with Crippen LogP contribution >= 0.6 is 22.6 Å². The molecule has 0 spiro atoms. The van der Waals surface area contributed by atoms with Crippen molar-refractivity contribution in [2.75, 3.05) is 4.72 Å². The maximum absolute atomic E-state index is 12.2. The molecule has 2 aromatic rings. The molecular formula is C14H14INO2S. The first-order chi connectivity index (χ1) is 9.01. The summed E-state index contributed by atoms with van der Waals surface area (Å²) in [5.74, 6) is 0. The summed E-state index contributed by atoms with van der Waals surface area (Å²) in [5.41, 5.74) is 1.69. The molecule has 0 aliphatic rings. The number of aryl methyl sites for hydroxylation is 1. The lowest BCUT2D eigenvalue weighted by molar-refractivity contribution is 0.601. The number of hydrogen-bond donors (Lipinski definition) is 1. The first-order valence-electron chi connectivity index (χ1n) is 5.88. The Morgan fingerprint density at radius 1 is 1.11 bits per heavy atom. The molecule has 0 unspecified atom stereocenters. The van der Waals surface area contributed by atoms with Gasteiger partial charge in [0.1, 0.15) is 0 Å². The minimum absolute atomic E-state index is 0.281. The van der Waals surface area contributed by atoms with Crippen LogP contribution in [0.2, 0.25) is 0 Å². The predicted molar refractivity (Wildman–Crippen MR) is 85.8 cm³/mol. The molecule has 0 atom stereocenters. The Labute approximate surface area is 127 Å². The Bertz CT molecular complexity index is 666. The number of sulfonamides is 1. The first kappa shape index (κ1) is 14.3. The molecule has 0 radical (unpaired) electrons. The quantitative estimate of drug-likeness (QED) is 0.815. The zero-order valence-corrected chi connectivity index (χ0v) is 13.4. The Balaban J connectivity index is 2.27. The number of hydrogen-bond acceptors (Lipinski definition) is 2. The van der Waals surface area contributed by atoms with E-state index in [0.29, 0.717) is 5.69 Å². The van der Waals surface area contributed by atoms with E-state index >= 15 is 0 Å². The van der Waals surface area contributed by atoms with Gasteiger partial charge in [-0.3, -0.25) is 4.72 Å². The Morgan fingerprint density at radius 3 is 2.37 bits per heavy atom. The van der Waals surface area contributed by atoms with Gasteiger partial charge in [-0.1, -0.05) is 25.1 Å². The third kappa shape index (κ3) is 3.70. The fourth-order valence-electron chi connectivity index (χ4n) is 1.67. The lowest BCUT2D eigenvalue weighted by Crippen LogP contribution is -2.12. The second kappa shape index (κ2) is 5.92. The standard InChI is InChI=1S/C14H14INO2S/c1-2-11-6-8-14(9-7-11)19(17,18)16-13-5-3-4-12(15)10-13/h3-10,16H,2H2,1H3. The van der Waals surface area contributed by atoms with Crippen molar-refractivity contribution in [1.82, 2.24) is 0 Å². The summed E-state index contributed by atoms with van der Waals surface area (Å²) in [6.07, 6.45) is 0.893. The molecule has 2 rings (SSSR count). The average molecular weight is 387 g/mol. The van der Waals surface area contributed by atoms with Crippen molar-refractivity contribution in [1.29, 1.82) is 0 Å². The number of rotatable bonds is 4. The molecule has 3 nitrogen and oxygen atoms in total. The zero-order valence-electron chi connectivity index (χ0n) is 10.4. The van der Waals surface area contributed by atoms with Crippen LogP contribution in [0.25, 0.3) is 0 Å². The van der Waals surface area contributed by atoms with Crippen LogP contribution in [-0.4, -0.2) is 8.42 Å². The Kier molecular flexibility index (Phi) is 4.46. The maximum atomic E-state index is 12.2. The molecule has 0 heterocycles. The van der Waals surface area contributed by atoms with Crippen molar-refractivity contribution < 1.29 is 8.42 Å². The molecular weight excluding hydrogens is 373 g/mol. The van der Waals surface area contributed by atoms with Crippen LogP contribution < -0.4 is 4.72 Å². The highest BCUT2D eigenvalue weighted by molar-refractivity contribution is 14.1. The van der Waals surface area contributed by atoms with Gasteiger partial charge in [0.25, 0.3) is 10.0 Å². The summed E-state index contributed by atoms with van der Waals surface area (Å²) in [7, 11) is -3.51. The van der Waals surface area contributed by atoms with Crippen LogP contribution in [0.3, 0.4) is 0 Å². The normalized spacial score (nSPS) is 11.3. The monoisotopic (exact) mass is 387 g/mol. The average Bonchev–Trinajstić information content (AvgIpc) is 2.38. The van der Waals surface area contributed by atoms with E-state index in [1.807, 2.05) is 31.2 Å². The molecule has 5 heteroatoms. The van der Waals surface area contributed by atoms with Crippen LogP contribution in [0.15, 0.2) is 53.4 Å². The lowest BCUT2D eigenvalue weighted by Gasteiger charge is -2.08. The molecule has 0 amide bonds. The smallest absolute Gasteiger partial charge is 0.261 e. The van der Waals surface area contributed by atoms with Crippen LogP contribution in [0.1, 0.15) is 12.5 Å². The molecule has 0 saturated heterocycles. The molecule has 0 fully saturated rings. The Morgan fingerprint density at radius 2 is 1.79 bits per heavy atom. The summed E-state index contributed by atoms with van der Waals surface area (Å²) in [6, 6.07) is 14.2.